The summed E-state index contributed by atoms with van der Waals surface area (Å²) in [6.07, 6.45) is 3.61. The zero-order valence-corrected chi connectivity index (χ0v) is 20.9. The van der Waals surface area contributed by atoms with Crippen LogP contribution in [0.1, 0.15) is 74.4 Å². The maximum absolute atomic E-state index is 13.9. The molecular formula is C27H36FN3O4. The van der Waals surface area contributed by atoms with Gasteiger partial charge in [0.05, 0.1) is 19.8 Å². The zero-order chi connectivity index (χ0) is 25.0. The number of carbonyl (C=O) groups is 2. The maximum atomic E-state index is 13.9. The van der Waals surface area contributed by atoms with E-state index in [-0.39, 0.29) is 29.4 Å². The highest BCUT2D eigenvalue weighted by atomic mass is 19.1. The number of furan rings is 1. The lowest BCUT2D eigenvalue weighted by molar-refractivity contribution is -0.128. The van der Waals surface area contributed by atoms with Crippen molar-refractivity contribution in [3.8, 4) is 0 Å². The fraction of sp³-hybridized carbons (Fsp3) is 0.556. The Hall–Kier alpha value is -2.71. The van der Waals surface area contributed by atoms with E-state index in [4.69, 9.17) is 9.15 Å². The van der Waals surface area contributed by atoms with E-state index in [2.05, 4.69) is 10.2 Å². The minimum atomic E-state index is -0.891. The number of carbonyl (C=O) groups excluding carboxylic acids is 2. The summed E-state index contributed by atoms with van der Waals surface area (Å²) in [5.74, 6) is -0.0656. The van der Waals surface area contributed by atoms with Crippen molar-refractivity contribution in [3.63, 3.8) is 0 Å². The van der Waals surface area contributed by atoms with Crippen LogP contribution in [0.2, 0.25) is 0 Å². The predicted octanol–water partition coefficient (Wildman–Crippen LogP) is 4.29. The van der Waals surface area contributed by atoms with Crippen molar-refractivity contribution in [2.45, 2.75) is 70.6 Å². The summed E-state index contributed by atoms with van der Waals surface area (Å²) in [4.78, 5) is 31.4. The van der Waals surface area contributed by atoms with Crippen LogP contribution in [-0.4, -0.2) is 59.5 Å². The van der Waals surface area contributed by atoms with Crippen LogP contribution in [0.15, 0.2) is 40.8 Å². The molecule has 1 aliphatic carbocycles. The van der Waals surface area contributed by atoms with Crippen LogP contribution in [0.5, 0.6) is 0 Å². The first kappa shape index (κ1) is 25.4. The van der Waals surface area contributed by atoms with Crippen LogP contribution in [0.3, 0.4) is 0 Å². The molecule has 0 bridgehead atoms. The second kappa shape index (κ2) is 10.9. The van der Waals surface area contributed by atoms with Crippen LogP contribution in [0.25, 0.3) is 0 Å². The second-order valence-corrected chi connectivity index (χ2v) is 10.5. The largest absolute Gasteiger partial charge is 0.455 e. The summed E-state index contributed by atoms with van der Waals surface area (Å²) < 4.78 is 25.2. The van der Waals surface area contributed by atoms with E-state index in [1.807, 2.05) is 26.8 Å². The molecule has 190 valence electrons. The molecule has 2 amide bonds. The molecule has 2 fully saturated rings. The van der Waals surface area contributed by atoms with Gasteiger partial charge in [0.1, 0.15) is 17.6 Å². The molecule has 7 nitrogen and oxygen atoms in total. The summed E-state index contributed by atoms with van der Waals surface area (Å²) in [5.41, 5.74) is 0.0870. The highest BCUT2D eigenvalue weighted by Crippen LogP contribution is 2.34. The first-order valence-electron chi connectivity index (χ1n) is 12.5. The molecule has 1 aliphatic heterocycles. The van der Waals surface area contributed by atoms with Crippen LogP contribution < -0.4 is 5.32 Å². The normalized spacial score (nSPS) is 18.4. The van der Waals surface area contributed by atoms with E-state index in [0.29, 0.717) is 31.1 Å². The first-order chi connectivity index (χ1) is 16.7. The van der Waals surface area contributed by atoms with Gasteiger partial charge in [0, 0.05) is 24.7 Å². The SMILES string of the molecule is CC(C)(C)NC(=O)[C@H](c1ccc(F)cc1)N(C(=O)c1ccc(CN2CCOCC2)o1)C1CCCC1. The fourth-order valence-electron chi connectivity index (χ4n) is 4.88. The topological polar surface area (TPSA) is 75.0 Å². The summed E-state index contributed by atoms with van der Waals surface area (Å²) in [6.45, 7) is 9.31. The highest BCUT2D eigenvalue weighted by Gasteiger charge is 2.40. The average molecular weight is 486 g/mol. The maximum Gasteiger partial charge on any atom is 0.290 e. The number of nitrogens with one attached hydrogen (secondary N) is 1. The van der Waals surface area contributed by atoms with Gasteiger partial charge in [0.25, 0.3) is 5.91 Å². The van der Waals surface area contributed by atoms with Crippen LogP contribution in [-0.2, 0) is 16.1 Å². The Morgan fingerprint density at radius 2 is 1.74 bits per heavy atom. The molecule has 0 unspecified atom stereocenters. The van der Waals surface area contributed by atoms with Gasteiger partial charge in [0.15, 0.2) is 5.76 Å². The molecular weight excluding hydrogens is 449 g/mol. The molecule has 35 heavy (non-hydrogen) atoms. The van der Waals surface area contributed by atoms with E-state index in [9.17, 15) is 14.0 Å². The summed E-state index contributed by atoms with van der Waals surface area (Å²) >= 11 is 0. The molecule has 1 N–H and O–H groups in total. The number of amides is 2. The van der Waals surface area contributed by atoms with E-state index in [0.717, 1.165) is 38.8 Å². The Morgan fingerprint density at radius 3 is 2.37 bits per heavy atom. The van der Waals surface area contributed by atoms with Gasteiger partial charge >= 0.3 is 0 Å². The molecule has 0 radical (unpaired) electrons. The molecule has 1 aromatic carbocycles. The van der Waals surface area contributed by atoms with E-state index in [1.54, 1.807) is 23.1 Å². The third-order valence-electron chi connectivity index (χ3n) is 6.52. The quantitative estimate of drug-likeness (QED) is 0.633. The Balaban J connectivity index is 1.65. The number of hydrogen-bond donors (Lipinski definition) is 1. The minimum Gasteiger partial charge on any atom is -0.455 e. The smallest absolute Gasteiger partial charge is 0.290 e. The zero-order valence-electron chi connectivity index (χ0n) is 20.9. The van der Waals surface area contributed by atoms with Crippen molar-refractivity contribution < 1.29 is 23.1 Å². The van der Waals surface area contributed by atoms with Crippen molar-refractivity contribution in [2.24, 2.45) is 0 Å². The van der Waals surface area contributed by atoms with Gasteiger partial charge in [-0.25, -0.2) is 4.39 Å². The molecule has 0 spiro atoms. The lowest BCUT2D eigenvalue weighted by Gasteiger charge is -2.37. The van der Waals surface area contributed by atoms with Gasteiger partial charge in [-0.15, -0.1) is 0 Å². The monoisotopic (exact) mass is 485 g/mol. The van der Waals surface area contributed by atoms with Crippen LogP contribution in [0, 0.1) is 5.82 Å². The van der Waals surface area contributed by atoms with E-state index < -0.39 is 11.6 Å². The Labute approximate surface area is 206 Å². The number of hydrogen-bond acceptors (Lipinski definition) is 5. The van der Waals surface area contributed by atoms with Gasteiger partial charge in [-0.05, 0) is 63.4 Å². The van der Waals surface area contributed by atoms with Gasteiger partial charge in [-0.3, -0.25) is 14.5 Å². The van der Waals surface area contributed by atoms with Crippen LogP contribution >= 0.6 is 0 Å². The van der Waals surface area contributed by atoms with Crippen molar-refractivity contribution >= 4 is 11.8 Å². The molecule has 1 aromatic heterocycles. The fourth-order valence-corrected chi connectivity index (χ4v) is 4.88. The van der Waals surface area contributed by atoms with Crippen molar-refractivity contribution in [1.82, 2.24) is 15.1 Å². The molecule has 1 saturated carbocycles. The predicted molar refractivity (Wildman–Crippen MR) is 130 cm³/mol. The number of rotatable bonds is 7. The summed E-state index contributed by atoms with van der Waals surface area (Å²) in [5, 5.41) is 3.03. The molecule has 2 aromatic rings. The third kappa shape index (κ3) is 6.49. The van der Waals surface area contributed by atoms with Crippen molar-refractivity contribution in [3.05, 3.63) is 59.3 Å². The summed E-state index contributed by atoms with van der Waals surface area (Å²) in [7, 11) is 0. The van der Waals surface area contributed by atoms with Crippen LogP contribution in [0.4, 0.5) is 4.39 Å². The van der Waals surface area contributed by atoms with Crippen molar-refractivity contribution in [1.29, 1.82) is 0 Å². The molecule has 4 rings (SSSR count). The number of benzene rings is 1. The molecule has 8 heteroatoms. The Morgan fingerprint density at radius 1 is 1.09 bits per heavy atom. The number of morpholine rings is 1. The standard InChI is InChI=1S/C27H36FN3O4/c1-27(2,3)29-25(32)24(19-8-10-20(28)11-9-19)31(21-6-4-5-7-21)26(33)23-13-12-22(35-23)18-30-14-16-34-17-15-30/h8-13,21,24H,4-7,14-18H2,1-3H3,(H,29,32)/t24-/m0/s1. The van der Waals surface area contributed by atoms with Gasteiger partial charge < -0.3 is 19.4 Å². The lowest BCUT2D eigenvalue weighted by atomic mass is 9.99. The molecule has 1 atom stereocenters. The highest BCUT2D eigenvalue weighted by molar-refractivity contribution is 5.96. The van der Waals surface area contributed by atoms with Gasteiger partial charge in [-0.1, -0.05) is 25.0 Å². The van der Waals surface area contributed by atoms with E-state index >= 15 is 0 Å². The van der Waals surface area contributed by atoms with E-state index in [1.165, 1.54) is 12.1 Å². The lowest BCUT2D eigenvalue weighted by Crippen LogP contribution is -2.51. The second-order valence-electron chi connectivity index (χ2n) is 10.5. The molecule has 2 heterocycles. The Bertz CT molecular complexity index is 1000. The number of nitrogens with zero attached hydrogens (tertiary/aromatic N) is 2. The first-order valence-corrected chi connectivity index (χ1v) is 12.5. The van der Waals surface area contributed by atoms with Crippen molar-refractivity contribution in [2.75, 3.05) is 26.3 Å². The Kier molecular flexibility index (Phi) is 7.91. The summed E-state index contributed by atoms with van der Waals surface area (Å²) in [6, 6.07) is 8.37. The number of halogens is 1. The molecule has 1 saturated heterocycles. The average Bonchev–Trinajstić information content (AvgIpc) is 3.50. The number of ether oxygens (including phenoxy) is 1. The van der Waals surface area contributed by atoms with Gasteiger partial charge in [0.2, 0.25) is 5.91 Å². The van der Waals surface area contributed by atoms with Gasteiger partial charge in [-0.2, -0.15) is 0 Å². The third-order valence-corrected chi connectivity index (χ3v) is 6.52. The molecule has 2 aliphatic rings. The minimum absolute atomic E-state index is 0.101.